The maximum absolute atomic E-state index is 13.1. The highest BCUT2D eigenvalue weighted by Gasteiger charge is 2.32. The van der Waals surface area contributed by atoms with Crippen LogP contribution in [0.2, 0.25) is 0 Å². The van der Waals surface area contributed by atoms with Gasteiger partial charge in [-0.25, -0.2) is 8.42 Å². The molecule has 3 heterocycles. The van der Waals surface area contributed by atoms with E-state index in [2.05, 4.69) is 5.32 Å². The van der Waals surface area contributed by atoms with Crippen molar-refractivity contribution in [2.75, 3.05) is 31.5 Å². The summed E-state index contributed by atoms with van der Waals surface area (Å²) in [6.45, 7) is 2.94. The third kappa shape index (κ3) is 3.75. The summed E-state index contributed by atoms with van der Waals surface area (Å²) in [6.07, 6.45) is -0.0431. The predicted molar refractivity (Wildman–Crippen MR) is 109 cm³/mol. The Bertz CT molecular complexity index is 1030. The summed E-state index contributed by atoms with van der Waals surface area (Å²) in [5.41, 5.74) is 0.981. The SMILES string of the molecule is CCC1Oc2ccc(S(=O)(=O)N3CCN(C(=O)c4ccsc4)CC3)cc2NC1=O. The second kappa shape index (κ2) is 7.77. The Hall–Kier alpha value is -2.43. The molecule has 2 aliphatic heterocycles. The monoisotopic (exact) mass is 435 g/mol. The lowest BCUT2D eigenvalue weighted by atomic mass is 10.2. The van der Waals surface area contributed by atoms with Gasteiger partial charge in [-0.1, -0.05) is 6.92 Å². The van der Waals surface area contributed by atoms with Crippen LogP contribution in [-0.4, -0.2) is 61.7 Å². The Morgan fingerprint density at radius 2 is 2.00 bits per heavy atom. The first-order chi connectivity index (χ1) is 13.9. The fraction of sp³-hybridized carbons (Fsp3) is 0.368. The number of piperazine rings is 1. The number of amides is 2. The standard InChI is InChI=1S/C19H21N3O5S2/c1-2-16-18(23)20-15-11-14(3-4-17(15)27-16)29(25,26)22-8-6-21(7-9-22)19(24)13-5-10-28-12-13/h3-5,10-12,16H,2,6-9H2,1H3,(H,20,23). The molecule has 0 saturated carbocycles. The zero-order chi connectivity index (χ0) is 20.6. The molecule has 1 aromatic heterocycles. The van der Waals surface area contributed by atoms with Gasteiger partial charge in [-0.3, -0.25) is 9.59 Å². The van der Waals surface area contributed by atoms with Crippen LogP contribution in [0, 0.1) is 0 Å². The minimum absolute atomic E-state index is 0.0811. The number of nitrogens with zero attached hydrogens (tertiary/aromatic N) is 2. The molecule has 2 amide bonds. The van der Waals surface area contributed by atoms with Gasteiger partial charge in [0.25, 0.3) is 11.8 Å². The molecule has 1 saturated heterocycles. The van der Waals surface area contributed by atoms with Crippen molar-refractivity contribution in [1.29, 1.82) is 0 Å². The van der Waals surface area contributed by atoms with E-state index in [9.17, 15) is 18.0 Å². The van der Waals surface area contributed by atoms with Crippen LogP contribution in [0.25, 0.3) is 0 Å². The Morgan fingerprint density at radius 3 is 2.66 bits per heavy atom. The van der Waals surface area contributed by atoms with Gasteiger partial charge < -0.3 is 15.0 Å². The molecule has 0 bridgehead atoms. The topological polar surface area (TPSA) is 96.0 Å². The van der Waals surface area contributed by atoms with Crippen molar-refractivity contribution in [3.63, 3.8) is 0 Å². The first kappa shape index (κ1) is 19.9. The average Bonchev–Trinajstić information content (AvgIpc) is 3.27. The van der Waals surface area contributed by atoms with E-state index in [1.54, 1.807) is 22.4 Å². The van der Waals surface area contributed by atoms with Crippen LogP contribution in [0.5, 0.6) is 5.75 Å². The van der Waals surface area contributed by atoms with Crippen LogP contribution in [0.3, 0.4) is 0 Å². The minimum atomic E-state index is -3.74. The van der Waals surface area contributed by atoms with E-state index < -0.39 is 16.1 Å². The zero-order valence-corrected chi connectivity index (χ0v) is 17.5. The van der Waals surface area contributed by atoms with Crippen molar-refractivity contribution in [2.45, 2.75) is 24.3 Å². The lowest BCUT2D eigenvalue weighted by Gasteiger charge is -2.34. The van der Waals surface area contributed by atoms with Crippen LogP contribution >= 0.6 is 11.3 Å². The largest absolute Gasteiger partial charge is 0.478 e. The Labute approximate surface area is 173 Å². The fourth-order valence-electron chi connectivity index (χ4n) is 3.41. The van der Waals surface area contributed by atoms with Crippen LogP contribution < -0.4 is 10.1 Å². The van der Waals surface area contributed by atoms with E-state index in [4.69, 9.17) is 4.74 Å². The molecule has 154 valence electrons. The van der Waals surface area contributed by atoms with Gasteiger partial charge in [0.15, 0.2) is 6.10 Å². The first-order valence-corrected chi connectivity index (χ1v) is 11.7. The van der Waals surface area contributed by atoms with Crippen LogP contribution in [0.15, 0.2) is 39.9 Å². The molecular formula is C19H21N3O5S2. The number of carbonyl (C=O) groups is 2. The lowest BCUT2D eigenvalue weighted by Crippen LogP contribution is -2.50. The summed E-state index contributed by atoms with van der Waals surface area (Å²) >= 11 is 1.45. The molecule has 2 aromatic rings. The molecule has 4 rings (SSSR count). The summed E-state index contributed by atoms with van der Waals surface area (Å²) in [4.78, 5) is 26.2. The molecule has 1 N–H and O–H groups in total. The lowest BCUT2D eigenvalue weighted by molar-refractivity contribution is -0.123. The quantitative estimate of drug-likeness (QED) is 0.793. The highest BCUT2D eigenvalue weighted by atomic mass is 32.2. The first-order valence-electron chi connectivity index (χ1n) is 9.33. The van der Waals surface area contributed by atoms with Gasteiger partial charge in [0.2, 0.25) is 10.0 Å². The molecule has 29 heavy (non-hydrogen) atoms. The average molecular weight is 436 g/mol. The number of ether oxygens (including phenoxy) is 1. The molecule has 0 spiro atoms. The van der Waals surface area contributed by atoms with E-state index >= 15 is 0 Å². The van der Waals surface area contributed by atoms with Gasteiger partial charge in [-0.05, 0) is 36.1 Å². The second-order valence-corrected chi connectivity index (χ2v) is 9.59. The van der Waals surface area contributed by atoms with Gasteiger partial charge >= 0.3 is 0 Å². The van der Waals surface area contributed by atoms with Gasteiger partial charge in [0.05, 0.1) is 16.1 Å². The van der Waals surface area contributed by atoms with Crippen LogP contribution in [0.4, 0.5) is 5.69 Å². The second-order valence-electron chi connectivity index (χ2n) is 6.87. The van der Waals surface area contributed by atoms with Crippen molar-refractivity contribution in [2.24, 2.45) is 0 Å². The molecule has 2 aliphatic rings. The van der Waals surface area contributed by atoms with Gasteiger partial charge in [-0.2, -0.15) is 15.6 Å². The third-order valence-electron chi connectivity index (χ3n) is 5.07. The normalized spacial score (nSPS) is 20.0. The summed E-state index contributed by atoms with van der Waals surface area (Å²) in [5, 5.41) is 6.35. The van der Waals surface area contributed by atoms with Crippen molar-refractivity contribution in [3.8, 4) is 5.75 Å². The Kier molecular flexibility index (Phi) is 5.32. The fourth-order valence-corrected chi connectivity index (χ4v) is 5.49. The van der Waals surface area contributed by atoms with Crippen LogP contribution in [0.1, 0.15) is 23.7 Å². The number of fused-ring (bicyclic) bond motifs is 1. The highest BCUT2D eigenvalue weighted by Crippen LogP contribution is 2.33. The van der Waals surface area contributed by atoms with Crippen molar-refractivity contribution >= 4 is 38.9 Å². The molecule has 10 heteroatoms. The summed E-state index contributed by atoms with van der Waals surface area (Å²) in [5.74, 6) is 0.0964. The number of benzene rings is 1. The molecule has 8 nitrogen and oxygen atoms in total. The summed E-state index contributed by atoms with van der Waals surface area (Å²) in [6, 6.07) is 6.25. The smallest absolute Gasteiger partial charge is 0.265 e. The number of anilines is 1. The number of carbonyl (C=O) groups excluding carboxylic acids is 2. The van der Waals surface area contributed by atoms with Gasteiger partial charge in [0, 0.05) is 31.6 Å². The van der Waals surface area contributed by atoms with Crippen molar-refractivity contribution in [1.82, 2.24) is 9.21 Å². The third-order valence-corrected chi connectivity index (χ3v) is 7.65. The Morgan fingerprint density at radius 1 is 1.24 bits per heavy atom. The number of nitrogens with one attached hydrogen (secondary N) is 1. The molecule has 0 radical (unpaired) electrons. The number of sulfonamides is 1. The van der Waals surface area contributed by atoms with E-state index in [-0.39, 0.29) is 29.8 Å². The molecular weight excluding hydrogens is 414 g/mol. The Balaban J connectivity index is 1.48. The van der Waals surface area contributed by atoms with E-state index in [1.165, 1.54) is 27.8 Å². The number of hydrogen-bond acceptors (Lipinski definition) is 6. The van der Waals surface area contributed by atoms with E-state index in [0.717, 1.165) is 0 Å². The predicted octanol–water partition coefficient (Wildman–Crippen LogP) is 2.00. The van der Waals surface area contributed by atoms with Gasteiger partial charge in [-0.15, -0.1) is 0 Å². The maximum Gasteiger partial charge on any atom is 0.265 e. The maximum atomic E-state index is 13.1. The molecule has 1 fully saturated rings. The van der Waals surface area contributed by atoms with Crippen LogP contribution in [-0.2, 0) is 14.8 Å². The van der Waals surface area contributed by atoms with E-state index in [0.29, 0.717) is 36.5 Å². The molecule has 1 aromatic carbocycles. The molecule has 1 atom stereocenters. The highest BCUT2D eigenvalue weighted by molar-refractivity contribution is 7.89. The molecule has 1 unspecified atom stereocenters. The number of rotatable bonds is 4. The number of hydrogen-bond donors (Lipinski definition) is 1. The zero-order valence-electron chi connectivity index (χ0n) is 15.8. The van der Waals surface area contributed by atoms with Gasteiger partial charge in [0.1, 0.15) is 5.75 Å². The summed E-state index contributed by atoms with van der Waals surface area (Å²) < 4.78 is 33.1. The molecule has 0 aliphatic carbocycles. The van der Waals surface area contributed by atoms with Crippen molar-refractivity contribution in [3.05, 3.63) is 40.6 Å². The minimum Gasteiger partial charge on any atom is -0.478 e. The van der Waals surface area contributed by atoms with E-state index in [1.807, 2.05) is 12.3 Å². The summed E-state index contributed by atoms with van der Waals surface area (Å²) in [7, 11) is -3.74. The van der Waals surface area contributed by atoms with Crippen molar-refractivity contribution < 1.29 is 22.7 Å². The number of thiophene rings is 1.